The summed E-state index contributed by atoms with van der Waals surface area (Å²) in [5, 5.41) is 11.9. The Hall–Kier alpha value is -2.17. The minimum atomic E-state index is -0.688. The number of hydrogen-bond donors (Lipinski definition) is 0. The zero-order valence-electron chi connectivity index (χ0n) is 13.2. The molecule has 0 N–H and O–H groups in total. The van der Waals surface area contributed by atoms with Gasteiger partial charge in [0.05, 0.1) is 0 Å². The number of cyclic esters (lactones) is 1. The Balaban J connectivity index is 1.83. The van der Waals surface area contributed by atoms with Gasteiger partial charge in [-0.2, -0.15) is 0 Å². The number of para-hydroxylation sites is 1. The van der Waals surface area contributed by atoms with Gasteiger partial charge >= 0.3 is 146 Å². The summed E-state index contributed by atoms with van der Waals surface area (Å²) in [6.45, 7) is 2.28. The molecule has 0 radical (unpaired) electrons. The molecule has 1 fully saturated rings. The summed E-state index contributed by atoms with van der Waals surface area (Å²) >= 11 is -0.0989. The monoisotopic (exact) mass is 391 g/mol. The fraction of sp³-hybridized carbons (Fsp3) is 0.278. The van der Waals surface area contributed by atoms with Gasteiger partial charge in [0.15, 0.2) is 0 Å². The van der Waals surface area contributed by atoms with E-state index in [1.54, 1.807) is 12.1 Å². The third-order valence-corrected chi connectivity index (χ3v) is 7.10. The number of ether oxygens (including phenoxy) is 1. The van der Waals surface area contributed by atoms with Gasteiger partial charge in [-0.15, -0.1) is 0 Å². The van der Waals surface area contributed by atoms with Crippen LogP contribution in [0.4, 0.5) is 5.69 Å². The van der Waals surface area contributed by atoms with Gasteiger partial charge in [-0.3, -0.25) is 0 Å². The van der Waals surface area contributed by atoms with Crippen molar-refractivity contribution in [3.8, 4) is 0 Å². The molecule has 0 aliphatic carbocycles. The number of benzene rings is 2. The second-order valence-corrected chi connectivity index (χ2v) is 8.13. The van der Waals surface area contributed by atoms with Gasteiger partial charge in [0.1, 0.15) is 0 Å². The molecule has 6 heteroatoms. The van der Waals surface area contributed by atoms with E-state index in [9.17, 15) is 14.9 Å². The zero-order valence-corrected chi connectivity index (χ0v) is 14.9. The average molecular weight is 390 g/mol. The van der Waals surface area contributed by atoms with Gasteiger partial charge in [-0.05, 0) is 0 Å². The van der Waals surface area contributed by atoms with Gasteiger partial charge in [-0.25, -0.2) is 0 Å². The van der Waals surface area contributed by atoms with Crippen molar-refractivity contribution in [1.82, 2.24) is 0 Å². The molecule has 5 nitrogen and oxygen atoms in total. The number of rotatable bonds is 5. The molecule has 1 aliphatic rings. The third-order valence-electron chi connectivity index (χ3n) is 4.53. The Morgan fingerprint density at radius 1 is 1.21 bits per heavy atom. The summed E-state index contributed by atoms with van der Waals surface area (Å²) in [6.07, 6.45) is 0. The van der Waals surface area contributed by atoms with Crippen LogP contribution in [-0.2, 0) is 14.9 Å². The summed E-state index contributed by atoms with van der Waals surface area (Å²) in [5.74, 6) is -0.190. The molecule has 0 unspecified atom stereocenters. The first-order chi connectivity index (χ1) is 11.5. The molecule has 0 saturated carbocycles. The van der Waals surface area contributed by atoms with Crippen LogP contribution in [-0.4, -0.2) is 32.5 Å². The van der Waals surface area contributed by atoms with E-state index in [-0.39, 0.29) is 37.5 Å². The topological polar surface area (TPSA) is 69.4 Å². The fourth-order valence-corrected chi connectivity index (χ4v) is 5.61. The second kappa shape index (κ2) is 6.75. The van der Waals surface area contributed by atoms with E-state index in [4.69, 9.17) is 4.74 Å². The van der Waals surface area contributed by atoms with Crippen molar-refractivity contribution in [3.63, 3.8) is 0 Å². The van der Waals surface area contributed by atoms with Crippen LogP contribution < -0.4 is 4.46 Å². The number of esters is 1. The van der Waals surface area contributed by atoms with E-state index < -0.39 is 5.41 Å². The van der Waals surface area contributed by atoms with Gasteiger partial charge in [0.2, 0.25) is 0 Å². The first kappa shape index (κ1) is 16.7. The molecular formula is C18H17NO4Se. The van der Waals surface area contributed by atoms with Crippen LogP contribution in [0.15, 0.2) is 54.6 Å². The van der Waals surface area contributed by atoms with Crippen molar-refractivity contribution in [3.05, 3.63) is 70.3 Å². The zero-order chi connectivity index (χ0) is 17.2. The average Bonchev–Trinajstić information content (AvgIpc) is 2.90. The van der Waals surface area contributed by atoms with Crippen molar-refractivity contribution >= 4 is 31.1 Å². The Bertz CT molecular complexity index is 765. The normalized spacial score (nSPS) is 23.0. The molecule has 2 atom stereocenters. The number of nitro groups is 1. The molecular weight excluding hydrogens is 373 g/mol. The van der Waals surface area contributed by atoms with Gasteiger partial charge < -0.3 is 0 Å². The van der Waals surface area contributed by atoms with E-state index in [1.807, 2.05) is 43.3 Å². The fourth-order valence-electron chi connectivity index (χ4n) is 2.93. The molecule has 3 rings (SSSR count). The Labute approximate surface area is 146 Å². The maximum absolute atomic E-state index is 12.4. The van der Waals surface area contributed by atoms with Gasteiger partial charge in [-0.1, -0.05) is 0 Å². The molecule has 2 aromatic rings. The Morgan fingerprint density at radius 2 is 1.88 bits per heavy atom. The predicted octanol–water partition coefficient (Wildman–Crippen LogP) is 2.47. The summed E-state index contributed by atoms with van der Waals surface area (Å²) in [6, 6.07) is 16.4. The van der Waals surface area contributed by atoms with Crippen molar-refractivity contribution in [2.45, 2.75) is 17.7 Å². The van der Waals surface area contributed by atoms with E-state index >= 15 is 0 Å². The number of nitrogens with zero attached hydrogens (tertiary/aromatic N) is 1. The molecule has 1 heterocycles. The molecule has 1 saturated heterocycles. The quantitative estimate of drug-likeness (QED) is 0.340. The number of carbonyl (C=O) groups excluding carboxylic acids is 1. The van der Waals surface area contributed by atoms with Crippen LogP contribution in [0.25, 0.3) is 0 Å². The van der Waals surface area contributed by atoms with Crippen LogP contribution >= 0.6 is 0 Å². The maximum atomic E-state index is 12.4. The standard InChI is InChI=1S/C18H17NO4Se/c1-18(13-7-3-2-4-8-13)14(11-23-17(18)20)12-24-16-10-6-5-9-15(16)19(21)22/h2-10,14H,11-12H2,1H3/t14-,18-/m1/s1. The molecule has 124 valence electrons. The van der Waals surface area contributed by atoms with Gasteiger partial charge in [0.25, 0.3) is 0 Å². The first-order valence-electron chi connectivity index (χ1n) is 7.62. The SMILES string of the molecule is C[C@]1(c2ccccc2)C(=O)OC[C@@H]1C[Se]c1ccccc1[N+](=O)[O-]. The molecule has 2 aromatic carbocycles. The predicted molar refractivity (Wildman–Crippen MR) is 91.5 cm³/mol. The van der Waals surface area contributed by atoms with Crippen molar-refractivity contribution in [1.29, 1.82) is 0 Å². The van der Waals surface area contributed by atoms with E-state index in [0.717, 1.165) is 15.3 Å². The molecule has 24 heavy (non-hydrogen) atoms. The Kier molecular flexibility index (Phi) is 4.69. The number of hydrogen-bond acceptors (Lipinski definition) is 4. The van der Waals surface area contributed by atoms with Crippen LogP contribution in [0.2, 0.25) is 5.32 Å². The van der Waals surface area contributed by atoms with Crippen LogP contribution in [0.1, 0.15) is 12.5 Å². The van der Waals surface area contributed by atoms with E-state index in [2.05, 4.69) is 0 Å². The molecule has 1 aliphatic heterocycles. The van der Waals surface area contributed by atoms with Crippen LogP contribution in [0, 0.1) is 16.0 Å². The molecule has 0 aromatic heterocycles. The summed E-state index contributed by atoms with van der Waals surface area (Å²) in [5.41, 5.74) is 0.409. The van der Waals surface area contributed by atoms with Crippen molar-refractivity contribution in [2.75, 3.05) is 6.61 Å². The summed E-state index contributed by atoms with van der Waals surface area (Å²) in [7, 11) is 0. The number of nitro benzene ring substituents is 1. The minimum absolute atomic E-state index is 0.0206. The Morgan fingerprint density at radius 3 is 2.58 bits per heavy atom. The molecule has 0 spiro atoms. The molecule has 0 bridgehead atoms. The van der Waals surface area contributed by atoms with Crippen LogP contribution in [0.5, 0.6) is 0 Å². The van der Waals surface area contributed by atoms with Crippen LogP contribution in [0.3, 0.4) is 0 Å². The van der Waals surface area contributed by atoms with Crippen molar-refractivity contribution < 1.29 is 14.5 Å². The van der Waals surface area contributed by atoms with E-state index in [0.29, 0.717) is 6.61 Å². The summed E-state index contributed by atoms with van der Waals surface area (Å²) < 4.78 is 6.09. The first-order valence-corrected chi connectivity index (χ1v) is 9.69. The van der Waals surface area contributed by atoms with E-state index in [1.165, 1.54) is 6.07 Å². The third kappa shape index (κ3) is 2.95. The van der Waals surface area contributed by atoms with Crippen molar-refractivity contribution in [2.24, 2.45) is 5.92 Å². The summed E-state index contributed by atoms with van der Waals surface area (Å²) in [4.78, 5) is 23.2. The number of carbonyl (C=O) groups is 1. The van der Waals surface area contributed by atoms with Gasteiger partial charge in [0, 0.05) is 0 Å². The second-order valence-electron chi connectivity index (χ2n) is 5.90. The molecule has 0 amide bonds.